The quantitative estimate of drug-likeness (QED) is 0.607. The van der Waals surface area contributed by atoms with Gasteiger partial charge in [-0.25, -0.2) is 0 Å². The van der Waals surface area contributed by atoms with E-state index in [0.717, 1.165) is 17.1 Å². The van der Waals surface area contributed by atoms with Crippen molar-refractivity contribution >= 4 is 11.8 Å². The standard InChI is InChI=1S/C9H20S/c1-6-10-9(7(2)3)8(4)5/h7-9H,6H2,1-5H3. The van der Waals surface area contributed by atoms with E-state index < -0.39 is 0 Å². The average molecular weight is 160 g/mol. The normalized spacial score (nSPS) is 12.0. The molecule has 1 heteroatoms. The van der Waals surface area contributed by atoms with E-state index in [2.05, 4.69) is 46.4 Å². The number of hydrogen-bond donors (Lipinski definition) is 0. The molecule has 62 valence electrons. The minimum Gasteiger partial charge on any atom is -0.158 e. The van der Waals surface area contributed by atoms with E-state index in [0.29, 0.717) is 0 Å². The summed E-state index contributed by atoms with van der Waals surface area (Å²) in [6.07, 6.45) is 0. The van der Waals surface area contributed by atoms with Crippen LogP contribution in [-0.4, -0.2) is 11.0 Å². The molecule has 0 nitrogen and oxygen atoms in total. The monoisotopic (exact) mass is 160 g/mol. The van der Waals surface area contributed by atoms with Crippen LogP contribution in [0.1, 0.15) is 34.6 Å². The molecule has 0 aromatic carbocycles. The Labute approximate surface area is 69.8 Å². The van der Waals surface area contributed by atoms with Crippen molar-refractivity contribution in [2.24, 2.45) is 11.8 Å². The maximum absolute atomic E-state index is 2.31. The SMILES string of the molecule is CCSC(C(C)C)C(C)C. The van der Waals surface area contributed by atoms with E-state index in [1.165, 1.54) is 5.75 Å². The molecule has 0 unspecified atom stereocenters. The lowest BCUT2D eigenvalue weighted by Gasteiger charge is -2.23. The topological polar surface area (TPSA) is 0 Å². The fraction of sp³-hybridized carbons (Fsp3) is 1.00. The van der Waals surface area contributed by atoms with Gasteiger partial charge in [0.1, 0.15) is 0 Å². The van der Waals surface area contributed by atoms with Crippen molar-refractivity contribution in [1.29, 1.82) is 0 Å². The van der Waals surface area contributed by atoms with Gasteiger partial charge in [0.25, 0.3) is 0 Å². The summed E-state index contributed by atoms with van der Waals surface area (Å²) in [4.78, 5) is 0. The number of rotatable bonds is 4. The summed E-state index contributed by atoms with van der Waals surface area (Å²) < 4.78 is 0. The van der Waals surface area contributed by atoms with Gasteiger partial charge in [0.05, 0.1) is 0 Å². The molecule has 0 saturated heterocycles. The lowest BCUT2D eigenvalue weighted by Crippen LogP contribution is -2.18. The van der Waals surface area contributed by atoms with Gasteiger partial charge in [-0.2, -0.15) is 11.8 Å². The molecule has 0 aliphatic heterocycles. The summed E-state index contributed by atoms with van der Waals surface area (Å²) >= 11 is 2.09. The first-order valence-electron chi connectivity index (χ1n) is 4.21. The average Bonchev–Trinajstić information content (AvgIpc) is 1.81. The molecule has 0 N–H and O–H groups in total. The van der Waals surface area contributed by atoms with E-state index in [9.17, 15) is 0 Å². The minimum absolute atomic E-state index is 0.824. The van der Waals surface area contributed by atoms with Crippen molar-refractivity contribution in [2.45, 2.75) is 39.9 Å². The maximum Gasteiger partial charge on any atom is 0.00929 e. The molecular formula is C9H20S. The Morgan fingerprint density at radius 2 is 1.40 bits per heavy atom. The maximum atomic E-state index is 2.31. The van der Waals surface area contributed by atoms with Crippen molar-refractivity contribution in [3.63, 3.8) is 0 Å². The molecule has 0 spiro atoms. The van der Waals surface area contributed by atoms with E-state index in [4.69, 9.17) is 0 Å². The zero-order chi connectivity index (χ0) is 8.15. The van der Waals surface area contributed by atoms with E-state index in [-0.39, 0.29) is 0 Å². The second-order valence-electron chi connectivity index (χ2n) is 3.41. The van der Waals surface area contributed by atoms with Crippen LogP contribution < -0.4 is 0 Å². The number of hydrogen-bond acceptors (Lipinski definition) is 1. The van der Waals surface area contributed by atoms with Gasteiger partial charge in [0.15, 0.2) is 0 Å². The molecule has 0 radical (unpaired) electrons. The van der Waals surface area contributed by atoms with Gasteiger partial charge in [-0.15, -0.1) is 0 Å². The minimum atomic E-state index is 0.824. The smallest absolute Gasteiger partial charge is 0.00929 e. The summed E-state index contributed by atoms with van der Waals surface area (Å²) in [5.74, 6) is 2.90. The first kappa shape index (κ1) is 10.3. The van der Waals surface area contributed by atoms with Crippen LogP contribution in [-0.2, 0) is 0 Å². The Kier molecular flexibility index (Phi) is 5.24. The third-order valence-corrected chi connectivity index (χ3v) is 3.48. The molecule has 0 aromatic rings. The second-order valence-corrected chi connectivity index (χ2v) is 4.86. The fourth-order valence-electron chi connectivity index (χ4n) is 1.35. The summed E-state index contributed by atoms with van der Waals surface area (Å²) in [5.41, 5.74) is 0. The van der Waals surface area contributed by atoms with Gasteiger partial charge >= 0.3 is 0 Å². The van der Waals surface area contributed by atoms with Gasteiger partial charge in [0.2, 0.25) is 0 Å². The lowest BCUT2D eigenvalue weighted by molar-refractivity contribution is 0.487. The van der Waals surface area contributed by atoms with Crippen LogP contribution in [0.15, 0.2) is 0 Å². The largest absolute Gasteiger partial charge is 0.158 e. The molecule has 0 atom stereocenters. The van der Waals surface area contributed by atoms with E-state index in [1.54, 1.807) is 0 Å². The fourth-order valence-corrected chi connectivity index (χ4v) is 2.50. The van der Waals surface area contributed by atoms with Crippen LogP contribution in [0.4, 0.5) is 0 Å². The molecule has 0 aliphatic carbocycles. The Bertz CT molecular complexity index is 68.8. The van der Waals surface area contributed by atoms with Crippen molar-refractivity contribution < 1.29 is 0 Å². The Balaban J connectivity index is 3.73. The molecule has 10 heavy (non-hydrogen) atoms. The van der Waals surface area contributed by atoms with Gasteiger partial charge in [-0.1, -0.05) is 34.6 Å². The van der Waals surface area contributed by atoms with Crippen LogP contribution in [0.3, 0.4) is 0 Å². The molecule has 0 amide bonds. The molecule has 0 aromatic heterocycles. The van der Waals surface area contributed by atoms with E-state index >= 15 is 0 Å². The predicted molar refractivity (Wildman–Crippen MR) is 51.6 cm³/mol. The van der Waals surface area contributed by atoms with Crippen LogP contribution >= 0.6 is 11.8 Å². The second kappa shape index (κ2) is 5.06. The Hall–Kier alpha value is 0.350. The van der Waals surface area contributed by atoms with Gasteiger partial charge in [-0.3, -0.25) is 0 Å². The first-order chi connectivity index (χ1) is 4.59. The van der Waals surface area contributed by atoms with Crippen LogP contribution in [0.25, 0.3) is 0 Å². The van der Waals surface area contributed by atoms with Crippen LogP contribution in [0, 0.1) is 11.8 Å². The zero-order valence-electron chi connectivity index (χ0n) is 7.85. The highest BCUT2D eigenvalue weighted by Gasteiger charge is 2.16. The summed E-state index contributed by atoms with van der Waals surface area (Å²) in [6.45, 7) is 11.5. The van der Waals surface area contributed by atoms with Gasteiger partial charge in [0, 0.05) is 5.25 Å². The van der Waals surface area contributed by atoms with Crippen LogP contribution in [0.5, 0.6) is 0 Å². The third-order valence-electron chi connectivity index (χ3n) is 1.67. The van der Waals surface area contributed by atoms with Crippen molar-refractivity contribution in [3.8, 4) is 0 Å². The summed E-state index contributed by atoms with van der Waals surface area (Å²) in [5, 5.41) is 0.852. The highest BCUT2D eigenvalue weighted by atomic mass is 32.2. The summed E-state index contributed by atoms with van der Waals surface area (Å²) in [6, 6.07) is 0. The molecule has 0 aliphatic rings. The van der Waals surface area contributed by atoms with Crippen molar-refractivity contribution in [3.05, 3.63) is 0 Å². The zero-order valence-corrected chi connectivity index (χ0v) is 8.66. The first-order valence-corrected chi connectivity index (χ1v) is 5.26. The Morgan fingerprint density at radius 3 is 1.50 bits per heavy atom. The van der Waals surface area contributed by atoms with E-state index in [1.807, 2.05) is 0 Å². The molecular weight excluding hydrogens is 140 g/mol. The molecule has 0 fully saturated rings. The lowest BCUT2D eigenvalue weighted by atomic mass is 10.0. The van der Waals surface area contributed by atoms with Crippen LogP contribution in [0.2, 0.25) is 0 Å². The molecule has 0 heterocycles. The van der Waals surface area contributed by atoms with Crippen molar-refractivity contribution in [1.82, 2.24) is 0 Å². The van der Waals surface area contributed by atoms with Gasteiger partial charge < -0.3 is 0 Å². The van der Waals surface area contributed by atoms with Gasteiger partial charge in [-0.05, 0) is 17.6 Å². The predicted octanol–water partition coefficient (Wildman–Crippen LogP) is 3.42. The van der Waals surface area contributed by atoms with Crippen molar-refractivity contribution in [2.75, 3.05) is 5.75 Å². The highest BCUT2D eigenvalue weighted by Crippen LogP contribution is 2.25. The third kappa shape index (κ3) is 3.50. The number of thioether (sulfide) groups is 1. The highest BCUT2D eigenvalue weighted by molar-refractivity contribution is 7.99. The molecule has 0 saturated carbocycles. The Morgan fingerprint density at radius 1 is 1.00 bits per heavy atom. The molecule has 0 rings (SSSR count). The summed E-state index contributed by atoms with van der Waals surface area (Å²) in [7, 11) is 0. The molecule has 0 bridgehead atoms.